The second-order valence-corrected chi connectivity index (χ2v) is 9.16. The number of aryl methyl sites for hydroxylation is 3. The molecule has 3 aromatic rings. The van der Waals surface area contributed by atoms with Crippen molar-refractivity contribution in [3.8, 4) is 0 Å². The molecule has 1 N–H and O–H groups in total. The van der Waals surface area contributed by atoms with Crippen molar-refractivity contribution in [2.45, 2.75) is 31.7 Å². The zero-order chi connectivity index (χ0) is 21.2. The molecule has 3 rings (SSSR count). The molecular formula is C21H20ClN3O3S. The Kier molecular flexibility index (Phi) is 6.00. The maximum Gasteiger partial charge on any atom is 0.275 e. The smallest absolute Gasteiger partial charge is 0.275 e. The highest BCUT2D eigenvalue weighted by Gasteiger charge is 2.23. The van der Waals surface area contributed by atoms with Gasteiger partial charge in [0, 0.05) is 5.69 Å². The minimum atomic E-state index is -3.85. The molecule has 0 aliphatic heterocycles. The molecule has 0 radical (unpaired) electrons. The van der Waals surface area contributed by atoms with E-state index in [0.29, 0.717) is 11.3 Å². The van der Waals surface area contributed by atoms with Crippen molar-refractivity contribution in [2.75, 3.05) is 5.32 Å². The number of aromatic nitrogens is 2. The molecule has 150 valence electrons. The normalized spacial score (nSPS) is 11.3. The highest BCUT2D eigenvalue weighted by atomic mass is 35.5. The van der Waals surface area contributed by atoms with Crippen LogP contribution in [0.15, 0.2) is 53.8 Å². The number of halogens is 1. The summed E-state index contributed by atoms with van der Waals surface area (Å²) >= 11 is 6.07. The fourth-order valence-electron chi connectivity index (χ4n) is 2.76. The van der Waals surface area contributed by atoms with E-state index in [4.69, 9.17) is 11.6 Å². The molecule has 0 saturated heterocycles. The van der Waals surface area contributed by atoms with Crippen molar-refractivity contribution in [1.82, 2.24) is 9.97 Å². The summed E-state index contributed by atoms with van der Waals surface area (Å²) in [6, 6.07) is 12.7. The molecule has 1 heterocycles. The van der Waals surface area contributed by atoms with Crippen LogP contribution < -0.4 is 5.32 Å². The Morgan fingerprint density at radius 1 is 1.03 bits per heavy atom. The van der Waals surface area contributed by atoms with E-state index in [1.54, 1.807) is 18.2 Å². The molecule has 0 bridgehead atoms. The van der Waals surface area contributed by atoms with E-state index in [1.165, 1.54) is 0 Å². The molecule has 0 aliphatic rings. The number of benzene rings is 2. The first-order valence-electron chi connectivity index (χ1n) is 8.85. The monoisotopic (exact) mass is 429 g/mol. The van der Waals surface area contributed by atoms with E-state index >= 15 is 0 Å². The van der Waals surface area contributed by atoms with Gasteiger partial charge in [-0.2, -0.15) is 0 Å². The van der Waals surface area contributed by atoms with Gasteiger partial charge in [-0.1, -0.05) is 59.1 Å². The standard InChI is InChI=1S/C21H20ClN3O3S/c1-13-4-7-16(8-5-13)12-29(27,28)21-23-11-17(22)19(25-21)20(26)24-18-9-6-14(2)10-15(18)3/h4-11H,12H2,1-3H3,(H,24,26). The molecule has 0 spiro atoms. The molecule has 8 heteroatoms. The Morgan fingerprint density at radius 3 is 2.34 bits per heavy atom. The van der Waals surface area contributed by atoms with Crippen LogP contribution in [0.5, 0.6) is 0 Å². The lowest BCUT2D eigenvalue weighted by Gasteiger charge is -2.10. The third kappa shape index (κ3) is 4.99. The van der Waals surface area contributed by atoms with Gasteiger partial charge in [0.2, 0.25) is 15.0 Å². The van der Waals surface area contributed by atoms with Gasteiger partial charge in [0.25, 0.3) is 5.91 Å². The van der Waals surface area contributed by atoms with Crippen LogP contribution in [0.3, 0.4) is 0 Å². The van der Waals surface area contributed by atoms with Crippen molar-refractivity contribution in [3.05, 3.63) is 81.6 Å². The summed E-state index contributed by atoms with van der Waals surface area (Å²) in [6.07, 6.45) is 1.13. The van der Waals surface area contributed by atoms with Gasteiger partial charge in [-0.3, -0.25) is 4.79 Å². The van der Waals surface area contributed by atoms with Gasteiger partial charge in [0.15, 0.2) is 5.69 Å². The van der Waals surface area contributed by atoms with E-state index in [-0.39, 0.29) is 16.5 Å². The van der Waals surface area contributed by atoms with Crippen LogP contribution >= 0.6 is 11.6 Å². The molecule has 1 amide bonds. The third-order valence-corrected chi connectivity index (χ3v) is 6.07. The molecule has 0 saturated carbocycles. The summed E-state index contributed by atoms with van der Waals surface area (Å²) < 4.78 is 25.4. The van der Waals surface area contributed by atoms with Gasteiger partial charge >= 0.3 is 0 Å². The highest BCUT2D eigenvalue weighted by molar-refractivity contribution is 7.90. The van der Waals surface area contributed by atoms with Crippen LogP contribution in [0.25, 0.3) is 0 Å². The number of carbonyl (C=O) groups is 1. The first kappa shape index (κ1) is 21.0. The number of anilines is 1. The molecule has 6 nitrogen and oxygen atoms in total. The Hall–Kier alpha value is -2.77. The summed E-state index contributed by atoms with van der Waals surface area (Å²) in [4.78, 5) is 20.5. The molecule has 0 unspecified atom stereocenters. The quantitative estimate of drug-likeness (QED) is 0.611. The van der Waals surface area contributed by atoms with Crippen LogP contribution in [-0.4, -0.2) is 24.3 Å². The zero-order valence-electron chi connectivity index (χ0n) is 16.2. The van der Waals surface area contributed by atoms with Crippen LogP contribution in [0, 0.1) is 20.8 Å². The van der Waals surface area contributed by atoms with Crippen molar-refractivity contribution in [3.63, 3.8) is 0 Å². The van der Waals surface area contributed by atoms with Crippen LogP contribution in [-0.2, 0) is 15.6 Å². The molecule has 2 aromatic carbocycles. The van der Waals surface area contributed by atoms with Crippen molar-refractivity contribution in [2.24, 2.45) is 0 Å². The first-order valence-corrected chi connectivity index (χ1v) is 10.9. The average molecular weight is 430 g/mol. The maximum absolute atomic E-state index is 12.7. The number of hydrogen-bond donors (Lipinski definition) is 1. The molecule has 0 aliphatic carbocycles. The van der Waals surface area contributed by atoms with E-state index in [2.05, 4.69) is 15.3 Å². The number of hydrogen-bond acceptors (Lipinski definition) is 5. The molecule has 29 heavy (non-hydrogen) atoms. The lowest BCUT2D eigenvalue weighted by atomic mass is 10.1. The summed E-state index contributed by atoms with van der Waals surface area (Å²) in [5.41, 5.74) is 3.97. The summed E-state index contributed by atoms with van der Waals surface area (Å²) in [5, 5.41) is 2.26. The van der Waals surface area contributed by atoms with Crippen molar-refractivity contribution >= 4 is 33.0 Å². The topological polar surface area (TPSA) is 89.0 Å². The fraction of sp³-hybridized carbons (Fsp3) is 0.190. The van der Waals surface area contributed by atoms with Crippen LogP contribution in [0.1, 0.15) is 32.7 Å². The third-order valence-electron chi connectivity index (χ3n) is 4.32. The summed E-state index contributed by atoms with van der Waals surface area (Å²) in [7, 11) is -3.85. The largest absolute Gasteiger partial charge is 0.320 e. The van der Waals surface area contributed by atoms with Crippen LogP contribution in [0.2, 0.25) is 5.02 Å². The Labute approximate surface area is 174 Å². The average Bonchev–Trinajstić information content (AvgIpc) is 2.66. The molecule has 0 atom stereocenters. The number of nitrogens with zero attached hydrogens (tertiary/aromatic N) is 2. The predicted octanol–water partition coefficient (Wildman–Crippen LogP) is 4.28. The lowest BCUT2D eigenvalue weighted by Crippen LogP contribution is -2.18. The van der Waals surface area contributed by atoms with Gasteiger partial charge in [-0.15, -0.1) is 0 Å². The van der Waals surface area contributed by atoms with E-state index < -0.39 is 20.9 Å². The van der Waals surface area contributed by atoms with E-state index in [9.17, 15) is 13.2 Å². The Morgan fingerprint density at radius 2 is 1.69 bits per heavy atom. The van der Waals surface area contributed by atoms with Gasteiger partial charge in [-0.05, 0) is 38.0 Å². The minimum absolute atomic E-state index is 0.0263. The van der Waals surface area contributed by atoms with E-state index in [0.717, 1.165) is 22.9 Å². The number of rotatable bonds is 5. The second-order valence-electron chi connectivity index (χ2n) is 6.87. The molecular weight excluding hydrogens is 410 g/mol. The second kappa shape index (κ2) is 8.31. The number of sulfone groups is 1. The zero-order valence-corrected chi connectivity index (χ0v) is 17.8. The van der Waals surface area contributed by atoms with Gasteiger partial charge in [-0.25, -0.2) is 18.4 Å². The first-order chi connectivity index (χ1) is 13.7. The number of amides is 1. The Bertz CT molecular complexity index is 1180. The maximum atomic E-state index is 12.7. The molecule has 0 fully saturated rings. The fourth-order valence-corrected chi connectivity index (χ4v) is 4.14. The minimum Gasteiger partial charge on any atom is -0.320 e. The van der Waals surface area contributed by atoms with Crippen molar-refractivity contribution < 1.29 is 13.2 Å². The van der Waals surface area contributed by atoms with Crippen molar-refractivity contribution in [1.29, 1.82) is 0 Å². The summed E-state index contributed by atoms with van der Waals surface area (Å²) in [6.45, 7) is 5.73. The summed E-state index contributed by atoms with van der Waals surface area (Å²) in [5.74, 6) is -0.872. The number of nitrogens with one attached hydrogen (secondary N) is 1. The van der Waals surface area contributed by atoms with Crippen LogP contribution in [0.4, 0.5) is 5.69 Å². The van der Waals surface area contributed by atoms with Gasteiger partial charge in [0.1, 0.15) is 0 Å². The Balaban J connectivity index is 1.88. The number of carbonyl (C=O) groups excluding carboxylic acids is 1. The molecule has 1 aromatic heterocycles. The highest BCUT2D eigenvalue weighted by Crippen LogP contribution is 2.21. The van der Waals surface area contributed by atoms with Gasteiger partial charge in [0.05, 0.1) is 17.0 Å². The van der Waals surface area contributed by atoms with Gasteiger partial charge < -0.3 is 5.32 Å². The predicted molar refractivity (Wildman–Crippen MR) is 113 cm³/mol. The SMILES string of the molecule is Cc1ccc(CS(=O)(=O)c2ncc(Cl)c(C(=O)Nc3ccc(C)cc3C)n2)cc1. The van der Waals surface area contributed by atoms with E-state index in [1.807, 2.05) is 45.0 Å². The lowest BCUT2D eigenvalue weighted by molar-refractivity contribution is 0.102.